The van der Waals surface area contributed by atoms with E-state index in [-0.39, 0.29) is 0 Å². The highest BCUT2D eigenvalue weighted by molar-refractivity contribution is 5.74. The summed E-state index contributed by atoms with van der Waals surface area (Å²) in [5, 5.41) is 9.61. The van der Waals surface area contributed by atoms with E-state index in [0.29, 0.717) is 6.42 Å². The van der Waals surface area contributed by atoms with Crippen LogP contribution in [0.4, 0.5) is 0 Å². The van der Waals surface area contributed by atoms with Gasteiger partial charge in [-0.05, 0) is 37.5 Å². The number of aryl methyl sites for hydroxylation is 3. The van der Waals surface area contributed by atoms with Crippen LogP contribution in [0, 0.1) is 20.8 Å². The molecule has 0 bridgehead atoms. The lowest BCUT2D eigenvalue weighted by Gasteiger charge is -2.14. The standard InChI is InChI=1S/C13H18O3/c1-8-5-9(2)11(10(3)6-8)7-12(14)13(15)16-4/h5-6,12,14H,7H2,1-4H3. The van der Waals surface area contributed by atoms with E-state index >= 15 is 0 Å². The van der Waals surface area contributed by atoms with Gasteiger partial charge < -0.3 is 9.84 Å². The molecule has 0 heterocycles. The van der Waals surface area contributed by atoms with Crippen LogP contribution in [0.3, 0.4) is 0 Å². The van der Waals surface area contributed by atoms with E-state index in [9.17, 15) is 9.90 Å². The molecule has 88 valence electrons. The summed E-state index contributed by atoms with van der Waals surface area (Å²) >= 11 is 0. The molecule has 3 heteroatoms. The summed E-state index contributed by atoms with van der Waals surface area (Å²) in [6.45, 7) is 6.00. The van der Waals surface area contributed by atoms with E-state index in [1.165, 1.54) is 12.7 Å². The van der Waals surface area contributed by atoms with Crippen LogP contribution in [-0.2, 0) is 16.0 Å². The van der Waals surface area contributed by atoms with E-state index in [0.717, 1.165) is 16.7 Å². The second-order valence-electron chi connectivity index (χ2n) is 4.12. The van der Waals surface area contributed by atoms with Crippen molar-refractivity contribution in [2.75, 3.05) is 7.11 Å². The molecule has 0 fully saturated rings. The quantitative estimate of drug-likeness (QED) is 0.792. The van der Waals surface area contributed by atoms with Gasteiger partial charge in [-0.2, -0.15) is 0 Å². The first kappa shape index (κ1) is 12.7. The molecule has 0 aliphatic heterocycles. The number of carbonyl (C=O) groups is 1. The molecule has 0 aliphatic carbocycles. The lowest BCUT2D eigenvalue weighted by atomic mass is 9.95. The van der Waals surface area contributed by atoms with Crippen molar-refractivity contribution in [3.63, 3.8) is 0 Å². The number of methoxy groups -OCH3 is 1. The monoisotopic (exact) mass is 222 g/mol. The number of aliphatic hydroxyl groups excluding tert-OH is 1. The molecule has 0 radical (unpaired) electrons. The summed E-state index contributed by atoms with van der Waals surface area (Å²) < 4.78 is 4.50. The fourth-order valence-electron chi connectivity index (χ4n) is 1.94. The number of ether oxygens (including phenoxy) is 1. The Bertz CT molecular complexity index is 373. The lowest BCUT2D eigenvalue weighted by molar-refractivity contribution is -0.150. The second-order valence-corrected chi connectivity index (χ2v) is 4.12. The molecule has 1 N–H and O–H groups in total. The fraction of sp³-hybridized carbons (Fsp3) is 0.462. The molecule has 0 spiro atoms. The van der Waals surface area contributed by atoms with E-state index in [4.69, 9.17) is 0 Å². The first-order valence-electron chi connectivity index (χ1n) is 5.28. The minimum atomic E-state index is -1.08. The van der Waals surface area contributed by atoms with Crippen LogP contribution in [0.15, 0.2) is 12.1 Å². The summed E-state index contributed by atoms with van der Waals surface area (Å²) in [5.41, 5.74) is 4.40. The van der Waals surface area contributed by atoms with Gasteiger partial charge in [-0.25, -0.2) is 4.79 Å². The number of aliphatic hydroxyl groups is 1. The maximum atomic E-state index is 11.1. The molecule has 1 aromatic carbocycles. The number of carbonyl (C=O) groups excluding carboxylic acids is 1. The Morgan fingerprint density at radius 2 is 1.81 bits per heavy atom. The van der Waals surface area contributed by atoms with Gasteiger partial charge >= 0.3 is 5.97 Å². The molecular weight excluding hydrogens is 204 g/mol. The van der Waals surface area contributed by atoms with Gasteiger partial charge in [0.2, 0.25) is 0 Å². The van der Waals surface area contributed by atoms with Gasteiger partial charge in [-0.1, -0.05) is 17.7 Å². The van der Waals surface area contributed by atoms with Crippen molar-refractivity contribution in [3.8, 4) is 0 Å². The third-order valence-corrected chi connectivity index (χ3v) is 2.71. The molecule has 1 aromatic rings. The number of rotatable bonds is 3. The highest BCUT2D eigenvalue weighted by Gasteiger charge is 2.18. The maximum Gasteiger partial charge on any atom is 0.335 e. The Morgan fingerprint density at radius 1 is 1.31 bits per heavy atom. The van der Waals surface area contributed by atoms with Gasteiger partial charge in [-0.3, -0.25) is 0 Å². The van der Waals surface area contributed by atoms with Gasteiger partial charge in [0.25, 0.3) is 0 Å². The molecule has 0 aromatic heterocycles. The molecule has 0 saturated carbocycles. The van der Waals surface area contributed by atoms with Gasteiger partial charge in [0.15, 0.2) is 6.10 Å². The molecule has 0 saturated heterocycles. The van der Waals surface area contributed by atoms with Crippen LogP contribution >= 0.6 is 0 Å². The van der Waals surface area contributed by atoms with Crippen LogP contribution in [-0.4, -0.2) is 24.3 Å². The van der Waals surface area contributed by atoms with Gasteiger partial charge in [0, 0.05) is 6.42 Å². The summed E-state index contributed by atoms with van der Waals surface area (Å²) in [6.07, 6.45) is -0.768. The van der Waals surface area contributed by atoms with Gasteiger partial charge in [-0.15, -0.1) is 0 Å². The molecule has 1 rings (SSSR count). The van der Waals surface area contributed by atoms with Crippen LogP contribution in [0.25, 0.3) is 0 Å². The van der Waals surface area contributed by atoms with Crippen LogP contribution < -0.4 is 0 Å². The summed E-state index contributed by atoms with van der Waals surface area (Å²) in [7, 11) is 1.28. The van der Waals surface area contributed by atoms with E-state index in [2.05, 4.69) is 4.74 Å². The smallest absolute Gasteiger partial charge is 0.335 e. The number of hydrogen-bond donors (Lipinski definition) is 1. The van der Waals surface area contributed by atoms with Crippen molar-refractivity contribution >= 4 is 5.97 Å². The molecule has 16 heavy (non-hydrogen) atoms. The van der Waals surface area contributed by atoms with Crippen molar-refractivity contribution in [2.24, 2.45) is 0 Å². The average Bonchev–Trinajstić information content (AvgIpc) is 2.21. The van der Waals surface area contributed by atoms with E-state index < -0.39 is 12.1 Å². The van der Waals surface area contributed by atoms with Crippen LogP contribution in [0.2, 0.25) is 0 Å². The van der Waals surface area contributed by atoms with Crippen molar-refractivity contribution in [1.82, 2.24) is 0 Å². The third kappa shape index (κ3) is 2.83. The van der Waals surface area contributed by atoms with Crippen molar-refractivity contribution in [1.29, 1.82) is 0 Å². The highest BCUT2D eigenvalue weighted by Crippen LogP contribution is 2.18. The summed E-state index contributed by atoms with van der Waals surface area (Å²) in [5.74, 6) is -0.584. The first-order valence-corrected chi connectivity index (χ1v) is 5.28. The minimum Gasteiger partial charge on any atom is -0.467 e. The lowest BCUT2D eigenvalue weighted by Crippen LogP contribution is -2.24. The number of benzene rings is 1. The second kappa shape index (κ2) is 5.12. The zero-order valence-electron chi connectivity index (χ0n) is 10.2. The number of esters is 1. The zero-order valence-corrected chi connectivity index (χ0v) is 10.2. The Labute approximate surface area is 96.1 Å². The molecule has 1 unspecified atom stereocenters. The Kier molecular flexibility index (Phi) is 4.07. The predicted molar refractivity (Wildman–Crippen MR) is 62.4 cm³/mol. The molecule has 0 amide bonds. The van der Waals surface area contributed by atoms with Crippen LogP contribution in [0.5, 0.6) is 0 Å². The Balaban J connectivity index is 2.93. The zero-order chi connectivity index (χ0) is 12.3. The fourth-order valence-corrected chi connectivity index (χ4v) is 1.94. The molecule has 1 atom stereocenters. The maximum absolute atomic E-state index is 11.1. The largest absolute Gasteiger partial charge is 0.467 e. The Morgan fingerprint density at radius 3 is 2.25 bits per heavy atom. The first-order chi connectivity index (χ1) is 7.45. The number of hydrogen-bond acceptors (Lipinski definition) is 3. The third-order valence-electron chi connectivity index (χ3n) is 2.71. The Hall–Kier alpha value is -1.35. The van der Waals surface area contributed by atoms with Crippen molar-refractivity contribution in [3.05, 3.63) is 34.4 Å². The normalized spacial score (nSPS) is 12.3. The van der Waals surface area contributed by atoms with E-state index in [1.54, 1.807) is 0 Å². The molecular formula is C13H18O3. The SMILES string of the molecule is COC(=O)C(O)Cc1c(C)cc(C)cc1C. The van der Waals surface area contributed by atoms with Gasteiger partial charge in [0.05, 0.1) is 7.11 Å². The van der Waals surface area contributed by atoms with Crippen LogP contribution in [0.1, 0.15) is 22.3 Å². The van der Waals surface area contributed by atoms with Gasteiger partial charge in [0.1, 0.15) is 0 Å². The predicted octanol–water partition coefficient (Wildman–Crippen LogP) is 1.69. The van der Waals surface area contributed by atoms with E-state index in [1.807, 2.05) is 32.9 Å². The average molecular weight is 222 g/mol. The van der Waals surface area contributed by atoms with Crippen molar-refractivity contribution in [2.45, 2.75) is 33.3 Å². The topological polar surface area (TPSA) is 46.5 Å². The highest BCUT2D eigenvalue weighted by atomic mass is 16.5. The molecule has 0 aliphatic rings. The molecule has 3 nitrogen and oxygen atoms in total. The minimum absolute atomic E-state index is 0.310. The summed E-state index contributed by atoms with van der Waals surface area (Å²) in [4.78, 5) is 11.1. The van der Waals surface area contributed by atoms with Crippen molar-refractivity contribution < 1.29 is 14.6 Å². The summed E-state index contributed by atoms with van der Waals surface area (Å²) in [6, 6.07) is 4.10.